The molecule has 1 aromatic heterocycles. The van der Waals surface area contributed by atoms with Gasteiger partial charge in [0.2, 0.25) is 0 Å². The van der Waals surface area contributed by atoms with Gasteiger partial charge in [-0.1, -0.05) is 37.3 Å². The second kappa shape index (κ2) is 8.39. The highest BCUT2D eigenvalue weighted by Gasteiger charge is 2.28. The van der Waals surface area contributed by atoms with Crippen LogP contribution in [0.15, 0.2) is 30.3 Å². The van der Waals surface area contributed by atoms with E-state index in [1.165, 1.54) is 12.7 Å². The van der Waals surface area contributed by atoms with Gasteiger partial charge in [0.15, 0.2) is 0 Å². The number of aromatic nitrogens is 1. The lowest BCUT2D eigenvalue weighted by Gasteiger charge is -2.34. The van der Waals surface area contributed by atoms with Gasteiger partial charge in [0.25, 0.3) is 5.91 Å². The molecule has 0 spiro atoms. The Balaban J connectivity index is 1.67. The molecule has 1 aliphatic heterocycles. The highest BCUT2D eigenvalue weighted by molar-refractivity contribution is 6.00. The quantitative estimate of drug-likeness (QED) is 0.823. The van der Waals surface area contributed by atoms with Crippen LogP contribution in [-0.4, -0.2) is 59.9 Å². The minimum absolute atomic E-state index is 0.0447. The molecule has 144 valence electrons. The molecule has 2 aromatic rings. The van der Waals surface area contributed by atoms with Crippen molar-refractivity contribution in [2.75, 3.05) is 33.3 Å². The van der Waals surface area contributed by atoms with Crippen molar-refractivity contribution in [2.24, 2.45) is 0 Å². The maximum atomic E-state index is 13.0. The fourth-order valence-corrected chi connectivity index (χ4v) is 3.62. The molecule has 1 saturated heterocycles. The molecule has 0 aliphatic carbocycles. The predicted octanol–water partition coefficient (Wildman–Crippen LogP) is 2.63. The Hall–Kier alpha value is -2.60. The minimum Gasteiger partial charge on any atom is -0.465 e. The number of carbonyl (C=O) groups is 2. The number of H-pyrrole nitrogens is 1. The van der Waals surface area contributed by atoms with Gasteiger partial charge >= 0.3 is 5.97 Å². The lowest BCUT2D eigenvalue weighted by atomic mass is 10.1. The van der Waals surface area contributed by atoms with Crippen LogP contribution in [0.1, 0.15) is 44.6 Å². The summed E-state index contributed by atoms with van der Waals surface area (Å²) in [5, 5.41) is 0. The van der Waals surface area contributed by atoms with Crippen LogP contribution in [0.4, 0.5) is 0 Å². The predicted molar refractivity (Wildman–Crippen MR) is 104 cm³/mol. The average molecular weight is 369 g/mol. The zero-order valence-electron chi connectivity index (χ0n) is 16.2. The number of piperazine rings is 1. The Kier molecular flexibility index (Phi) is 5.96. The van der Waals surface area contributed by atoms with Crippen molar-refractivity contribution in [2.45, 2.75) is 26.8 Å². The van der Waals surface area contributed by atoms with E-state index in [1.54, 1.807) is 6.92 Å². The van der Waals surface area contributed by atoms with Gasteiger partial charge in [-0.15, -0.1) is 0 Å². The van der Waals surface area contributed by atoms with Gasteiger partial charge in [-0.2, -0.15) is 0 Å². The number of rotatable bonds is 5. The Morgan fingerprint density at radius 3 is 2.37 bits per heavy atom. The molecule has 0 radical (unpaired) electrons. The van der Waals surface area contributed by atoms with E-state index in [4.69, 9.17) is 4.74 Å². The van der Waals surface area contributed by atoms with E-state index < -0.39 is 5.97 Å². The van der Waals surface area contributed by atoms with Gasteiger partial charge in [-0.25, -0.2) is 4.79 Å². The summed E-state index contributed by atoms with van der Waals surface area (Å²) >= 11 is 0. The molecular formula is C21H27N3O3. The first-order chi connectivity index (χ1) is 13.0. The summed E-state index contributed by atoms with van der Waals surface area (Å²) in [6, 6.07) is 10.4. The number of aromatic amines is 1. The minimum atomic E-state index is -0.396. The third-order valence-electron chi connectivity index (χ3n) is 5.19. The van der Waals surface area contributed by atoms with Crippen molar-refractivity contribution in [1.29, 1.82) is 0 Å². The molecule has 1 aromatic carbocycles. The lowest BCUT2D eigenvalue weighted by Crippen LogP contribution is -2.48. The number of hydrogen-bond acceptors (Lipinski definition) is 4. The summed E-state index contributed by atoms with van der Waals surface area (Å²) < 4.78 is 4.88. The topological polar surface area (TPSA) is 65.6 Å². The maximum Gasteiger partial charge on any atom is 0.339 e. The molecule has 0 unspecified atom stereocenters. The molecule has 1 fully saturated rings. The number of nitrogens with zero attached hydrogens (tertiary/aromatic N) is 2. The van der Waals surface area contributed by atoms with E-state index in [0.29, 0.717) is 36.3 Å². The SMILES string of the molecule is CCc1[nH]c(C(=O)N2CCN(Cc3ccccc3)CC2)c(C)c1C(=O)OC. The molecule has 1 amide bonds. The molecule has 0 atom stereocenters. The summed E-state index contributed by atoms with van der Waals surface area (Å²) in [6.45, 7) is 7.69. The van der Waals surface area contributed by atoms with Gasteiger partial charge in [-0.3, -0.25) is 9.69 Å². The fraction of sp³-hybridized carbons (Fsp3) is 0.429. The van der Waals surface area contributed by atoms with Crippen LogP contribution in [0, 0.1) is 6.92 Å². The maximum absolute atomic E-state index is 13.0. The normalized spacial score (nSPS) is 15.0. The van der Waals surface area contributed by atoms with Gasteiger partial charge in [0, 0.05) is 38.4 Å². The van der Waals surface area contributed by atoms with Crippen LogP contribution in [0.25, 0.3) is 0 Å². The Labute approximate surface area is 160 Å². The van der Waals surface area contributed by atoms with Crippen molar-refractivity contribution < 1.29 is 14.3 Å². The van der Waals surface area contributed by atoms with Crippen molar-refractivity contribution in [3.63, 3.8) is 0 Å². The van der Waals surface area contributed by atoms with Gasteiger partial charge < -0.3 is 14.6 Å². The first kappa shape index (κ1) is 19.2. The number of ether oxygens (including phenoxy) is 1. The third-order valence-corrected chi connectivity index (χ3v) is 5.19. The molecule has 27 heavy (non-hydrogen) atoms. The van der Waals surface area contributed by atoms with E-state index in [1.807, 2.05) is 30.0 Å². The van der Waals surface area contributed by atoms with Crippen LogP contribution in [-0.2, 0) is 17.7 Å². The lowest BCUT2D eigenvalue weighted by molar-refractivity contribution is 0.0599. The summed E-state index contributed by atoms with van der Waals surface area (Å²) in [5.74, 6) is -0.441. The number of esters is 1. The Bertz CT molecular complexity index is 806. The summed E-state index contributed by atoms with van der Waals surface area (Å²) in [7, 11) is 1.36. The fourth-order valence-electron chi connectivity index (χ4n) is 3.62. The zero-order valence-corrected chi connectivity index (χ0v) is 16.2. The molecule has 6 nitrogen and oxygen atoms in total. The van der Waals surface area contributed by atoms with Crippen LogP contribution < -0.4 is 0 Å². The van der Waals surface area contributed by atoms with Crippen LogP contribution in [0.3, 0.4) is 0 Å². The highest BCUT2D eigenvalue weighted by atomic mass is 16.5. The largest absolute Gasteiger partial charge is 0.465 e. The van der Waals surface area contributed by atoms with E-state index >= 15 is 0 Å². The molecule has 0 saturated carbocycles. The molecule has 1 N–H and O–H groups in total. The van der Waals surface area contributed by atoms with Gasteiger partial charge in [-0.05, 0) is 24.5 Å². The van der Waals surface area contributed by atoms with Crippen molar-refractivity contribution >= 4 is 11.9 Å². The number of methoxy groups -OCH3 is 1. The van der Waals surface area contributed by atoms with Crippen LogP contribution in [0.2, 0.25) is 0 Å². The van der Waals surface area contributed by atoms with E-state index in [2.05, 4.69) is 22.0 Å². The monoisotopic (exact) mass is 369 g/mol. The number of aryl methyl sites for hydroxylation is 1. The first-order valence-electron chi connectivity index (χ1n) is 9.40. The Morgan fingerprint density at radius 1 is 1.11 bits per heavy atom. The number of hydrogen-bond donors (Lipinski definition) is 1. The third kappa shape index (κ3) is 4.06. The number of carbonyl (C=O) groups excluding carboxylic acids is 2. The number of amides is 1. The summed E-state index contributed by atoms with van der Waals surface area (Å²) in [4.78, 5) is 32.4. The number of benzene rings is 1. The van der Waals surface area contributed by atoms with Crippen LogP contribution >= 0.6 is 0 Å². The molecule has 2 heterocycles. The molecule has 0 bridgehead atoms. The molecule has 6 heteroatoms. The van der Waals surface area contributed by atoms with E-state index in [9.17, 15) is 9.59 Å². The second-order valence-electron chi connectivity index (χ2n) is 6.88. The zero-order chi connectivity index (χ0) is 19.4. The van der Waals surface area contributed by atoms with Crippen molar-refractivity contribution in [3.05, 3.63) is 58.4 Å². The van der Waals surface area contributed by atoms with E-state index in [-0.39, 0.29) is 5.91 Å². The number of nitrogens with one attached hydrogen (secondary N) is 1. The molecular weight excluding hydrogens is 342 g/mol. The second-order valence-corrected chi connectivity index (χ2v) is 6.88. The summed E-state index contributed by atoms with van der Waals surface area (Å²) in [6.07, 6.45) is 0.642. The molecule has 1 aliphatic rings. The summed E-state index contributed by atoms with van der Waals surface area (Å²) in [5.41, 5.74) is 3.71. The smallest absolute Gasteiger partial charge is 0.339 e. The van der Waals surface area contributed by atoms with Crippen molar-refractivity contribution in [1.82, 2.24) is 14.8 Å². The standard InChI is InChI=1S/C21H27N3O3/c1-4-17-18(21(26)27-3)15(2)19(22-17)20(25)24-12-10-23(11-13-24)14-16-8-6-5-7-9-16/h5-9,22H,4,10-14H2,1-3H3. The Morgan fingerprint density at radius 2 is 1.78 bits per heavy atom. The molecule has 3 rings (SSSR count). The van der Waals surface area contributed by atoms with Crippen LogP contribution in [0.5, 0.6) is 0 Å². The highest BCUT2D eigenvalue weighted by Crippen LogP contribution is 2.22. The van der Waals surface area contributed by atoms with Crippen molar-refractivity contribution in [3.8, 4) is 0 Å². The van der Waals surface area contributed by atoms with Gasteiger partial charge in [0.05, 0.1) is 12.7 Å². The van der Waals surface area contributed by atoms with E-state index in [0.717, 1.165) is 25.3 Å². The first-order valence-corrected chi connectivity index (χ1v) is 9.40. The van der Waals surface area contributed by atoms with Gasteiger partial charge in [0.1, 0.15) is 5.69 Å². The average Bonchev–Trinajstić information content (AvgIpc) is 3.04.